The predicted molar refractivity (Wildman–Crippen MR) is 33.9 cm³/mol. The Hall–Kier alpha value is -0.530. The number of fused-ring (bicyclic) bond motifs is 1. The van der Waals surface area contributed by atoms with Crippen molar-refractivity contribution in [1.29, 1.82) is 0 Å². The molecule has 0 radical (unpaired) electrons. The summed E-state index contributed by atoms with van der Waals surface area (Å²) in [6.45, 7) is 0. The molecular weight excluding hydrogens is 114 g/mol. The molecule has 1 amide bonds. The maximum absolute atomic E-state index is 10.7. The SMILES string of the molecule is O=C1C[C@H]2CCC[C@@H]2N1. The highest BCUT2D eigenvalue weighted by Crippen LogP contribution is 2.32. The maximum Gasteiger partial charge on any atom is 0.220 e. The summed E-state index contributed by atoms with van der Waals surface area (Å²) in [5.74, 6) is 0.960. The van der Waals surface area contributed by atoms with E-state index in [1.165, 1.54) is 19.3 Å². The van der Waals surface area contributed by atoms with Crippen molar-refractivity contribution in [3.8, 4) is 0 Å². The molecule has 0 aromatic heterocycles. The van der Waals surface area contributed by atoms with E-state index in [-0.39, 0.29) is 5.91 Å². The molecule has 0 spiro atoms. The Morgan fingerprint density at radius 3 is 3.11 bits per heavy atom. The zero-order chi connectivity index (χ0) is 6.27. The standard InChI is InChI=1S/C7H11NO/c9-7-4-5-2-1-3-6(5)8-7/h5-6H,1-4H2,(H,8,9)/t5-,6+/m1/s1. The van der Waals surface area contributed by atoms with Crippen LogP contribution in [-0.2, 0) is 4.79 Å². The van der Waals surface area contributed by atoms with Gasteiger partial charge in [-0.25, -0.2) is 0 Å². The second-order valence-electron chi connectivity index (χ2n) is 3.07. The molecule has 0 aromatic rings. The third-order valence-electron chi connectivity index (χ3n) is 2.45. The van der Waals surface area contributed by atoms with Crippen LogP contribution in [0.15, 0.2) is 0 Å². The summed E-state index contributed by atoms with van der Waals surface area (Å²) in [6.07, 6.45) is 4.60. The quantitative estimate of drug-likeness (QED) is 0.506. The minimum Gasteiger partial charge on any atom is -0.353 e. The van der Waals surface area contributed by atoms with Crippen LogP contribution in [0.5, 0.6) is 0 Å². The van der Waals surface area contributed by atoms with Gasteiger partial charge in [0.25, 0.3) is 0 Å². The van der Waals surface area contributed by atoms with Gasteiger partial charge in [-0.1, -0.05) is 6.42 Å². The molecule has 2 aliphatic rings. The van der Waals surface area contributed by atoms with Crippen molar-refractivity contribution in [2.45, 2.75) is 31.7 Å². The molecule has 0 unspecified atom stereocenters. The lowest BCUT2D eigenvalue weighted by molar-refractivity contribution is -0.119. The van der Waals surface area contributed by atoms with Crippen molar-refractivity contribution in [3.63, 3.8) is 0 Å². The van der Waals surface area contributed by atoms with Gasteiger partial charge in [0.05, 0.1) is 0 Å². The van der Waals surface area contributed by atoms with Gasteiger partial charge in [0.15, 0.2) is 0 Å². The fraction of sp³-hybridized carbons (Fsp3) is 0.857. The van der Waals surface area contributed by atoms with Crippen LogP contribution >= 0.6 is 0 Å². The molecule has 1 saturated carbocycles. The lowest BCUT2D eigenvalue weighted by atomic mass is 10.1. The fourth-order valence-corrected chi connectivity index (χ4v) is 1.98. The molecule has 9 heavy (non-hydrogen) atoms. The van der Waals surface area contributed by atoms with Gasteiger partial charge in [-0.15, -0.1) is 0 Å². The molecule has 2 nitrogen and oxygen atoms in total. The molecule has 1 N–H and O–H groups in total. The second kappa shape index (κ2) is 1.72. The summed E-state index contributed by atoms with van der Waals surface area (Å²) >= 11 is 0. The molecule has 1 aliphatic heterocycles. The van der Waals surface area contributed by atoms with E-state index in [2.05, 4.69) is 5.32 Å². The largest absolute Gasteiger partial charge is 0.353 e. The monoisotopic (exact) mass is 125 g/mol. The van der Waals surface area contributed by atoms with Gasteiger partial charge in [0.1, 0.15) is 0 Å². The van der Waals surface area contributed by atoms with Crippen LogP contribution in [-0.4, -0.2) is 11.9 Å². The minimum absolute atomic E-state index is 0.268. The molecule has 0 aromatic carbocycles. The van der Waals surface area contributed by atoms with Crippen LogP contribution < -0.4 is 5.32 Å². The van der Waals surface area contributed by atoms with Crippen molar-refractivity contribution < 1.29 is 4.79 Å². The van der Waals surface area contributed by atoms with Gasteiger partial charge in [-0.05, 0) is 18.8 Å². The molecule has 2 heteroatoms. The summed E-state index contributed by atoms with van der Waals surface area (Å²) in [4.78, 5) is 10.7. The number of rotatable bonds is 0. The molecular formula is C7H11NO. The van der Waals surface area contributed by atoms with Crippen LogP contribution in [0, 0.1) is 5.92 Å². The van der Waals surface area contributed by atoms with Crippen molar-refractivity contribution in [2.24, 2.45) is 5.92 Å². The zero-order valence-corrected chi connectivity index (χ0v) is 5.39. The Labute approximate surface area is 54.6 Å². The highest BCUT2D eigenvalue weighted by Gasteiger charge is 2.35. The first-order chi connectivity index (χ1) is 4.36. The van der Waals surface area contributed by atoms with Crippen molar-refractivity contribution in [2.75, 3.05) is 0 Å². The van der Waals surface area contributed by atoms with Gasteiger partial charge >= 0.3 is 0 Å². The van der Waals surface area contributed by atoms with Crippen LogP contribution in [0.25, 0.3) is 0 Å². The normalized spacial score (nSPS) is 40.7. The summed E-state index contributed by atoms with van der Waals surface area (Å²) in [7, 11) is 0. The van der Waals surface area contributed by atoms with Crippen LogP contribution in [0.2, 0.25) is 0 Å². The maximum atomic E-state index is 10.7. The Bertz CT molecular complexity index is 130. The highest BCUT2D eigenvalue weighted by molar-refractivity contribution is 5.79. The highest BCUT2D eigenvalue weighted by atomic mass is 16.2. The summed E-state index contributed by atoms with van der Waals surface area (Å²) < 4.78 is 0. The lowest BCUT2D eigenvalue weighted by Gasteiger charge is -2.04. The van der Waals surface area contributed by atoms with E-state index in [0.717, 1.165) is 6.42 Å². The molecule has 0 bridgehead atoms. The van der Waals surface area contributed by atoms with E-state index >= 15 is 0 Å². The van der Waals surface area contributed by atoms with Gasteiger partial charge in [-0.2, -0.15) is 0 Å². The van der Waals surface area contributed by atoms with E-state index < -0.39 is 0 Å². The molecule has 1 aliphatic carbocycles. The predicted octanol–water partition coefficient (Wildman–Crippen LogP) is 0.675. The number of amides is 1. The average Bonchev–Trinajstić information content (AvgIpc) is 2.22. The number of hydrogen-bond donors (Lipinski definition) is 1. The number of hydrogen-bond acceptors (Lipinski definition) is 1. The molecule has 50 valence electrons. The van der Waals surface area contributed by atoms with Crippen LogP contribution in [0.1, 0.15) is 25.7 Å². The number of nitrogens with one attached hydrogen (secondary N) is 1. The van der Waals surface area contributed by atoms with Gasteiger partial charge < -0.3 is 5.32 Å². The Balaban J connectivity index is 2.09. The van der Waals surface area contributed by atoms with Gasteiger partial charge in [0.2, 0.25) is 5.91 Å². The number of carbonyl (C=O) groups excluding carboxylic acids is 1. The first kappa shape index (κ1) is 5.27. The van der Waals surface area contributed by atoms with Crippen molar-refractivity contribution in [3.05, 3.63) is 0 Å². The third kappa shape index (κ3) is 0.732. The van der Waals surface area contributed by atoms with E-state index in [1.807, 2.05) is 0 Å². The second-order valence-corrected chi connectivity index (χ2v) is 3.07. The van der Waals surface area contributed by atoms with Gasteiger partial charge in [0, 0.05) is 12.5 Å². The lowest BCUT2D eigenvalue weighted by Crippen LogP contribution is -2.25. The van der Waals surface area contributed by atoms with E-state index in [4.69, 9.17) is 0 Å². The molecule has 2 fully saturated rings. The molecule has 1 saturated heterocycles. The topological polar surface area (TPSA) is 29.1 Å². The molecule has 2 atom stereocenters. The first-order valence-electron chi connectivity index (χ1n) is 3.65. The minimum atomic E-state index is 0.268. The first-order valence-corrected chi connectivity index (χ1v) is 3.65. The molecule has 1 heterocycles. The van der Waals surface area contributed by atoms with Gasteiger partial charge in [-0.3, -0.25) is 4.79 Å². The third-order valence-corrected chi connectivity index (χ3v) is 2.45. The molecule has 2 rings (SSSR count). The smallest absolute Gasteiger partial charge is 0.220 e. The van der Waals surface area contributed by atoms with Crippen molar-refractivity contribution in [1.82, 2.24) is 5.32 Å². The van der Waals surface area contributed by atoms with Crippen molar-refractivity contribution >= 4 is 5.91 Å². The van der Waals surface area contributed by atoms with E-state index in [9.17, 15) is 4.79 Å². The zero-order valence-electron chi connectivity index (χ0n) is 5.39. The summed E-state index contributed by atoms with van der Waals surface area (Å²) in [5.41, 5.74) is 0. The Kier molecular flexibility index (Phi) is 1.01. The Morgan fingerprint density at radius 2 is 2.33 bits per heavy atom. The number of carbonyl (C=O) groups is 1. The fourth-order valence-electron chi connectivity index (χ4n) is 1.98. The summed E-state index contributed by atoms with van der Waals surface area (Å²) in [5, 5.41) is 2.98. The average molecular weight is 125 g/mol. The van der Waals surface area contributed by atoms with E-state index in [1.54, 1.807) is 0 Å². The van der Waals surface area contributed by atoms with Crippen LogP contribution in [0.3, 0.4) is 0 Å². The van der Waals surface area contributed by atoms with E-state index in [0.29, 0.717) is 12.0 Å². The Morgan fingerprint density at radius 1 is 1.44 bits per heavy atom. The summed E-state index contributed by atoms with van der Waals surface area (Å²) in [6, 6.07) is 0.553. The van der Waals surface area contributed by atoms with Crippen LogP contribution in [0.4, 0.5) is 0 Å².